The summed E-state index contributed by atoms with van der Waals surface area (Å²) in [6.07, 6.45) is 0.721. The number of hydrogen-bond acceptors (Lipinski definition) is 17. The Kier molecular flexibility index (Phi) is 37.5. The minimum Gasteiger partial charge on any atom is -0.460 e. The average molecular weight is 1040 g/mol. The number of amides is 5. The van der Waals surface area contributed by atoms with E-state index < -0.39 is 23.8 Å². The first-order valence-corrected chi connectivity index (χ1v) is 25.0. The van der Waals surface area contributed by atoms with Gasteiger partial charge < -0.3 is 78.7 Å². The van der Waals surface area contributed by atoms with Crippen molar-refractivity contribution in [3.05, 3.63) is 71.8 Å². The lowest BCUT2D eigenvalue weighted by atomic mass is 10.1. The van der Waals surface area contributed by atoms with Gasteiger partial charge in [0.25, 0.3) is 0 Å². The number of rotatable bonds is 44. The number of alkyl carbamates (subject to hydrolysis) is 2. The Balaban J connectivity index is 1.57. The Labute approximate surface area is 430 Å². The fourth-order valence-electron chi connectivity index (χ4n) is 5.98. The van der Waals surface area contributed by atoms with Gasteiger partial charge in [-0.05, 0) is 51.2 Å². The molecule has 0 unspecified atom stereocenters. The second kappa shape index (κ2) is 43.0. The van der Waals surface area contributed by atoms with Gasteiger partial charge in [-0.25, -0.2) is 9.59 Å². The van der Waals surface area contributed by atoms with Crippen LogP contribution in [0.25, 0.3) is 0 Å². The summed E-state index contributed by atoms with van der Waals surface area (Å²) in [6, 6.07) is 17.9. The molecule has 2 rings (SSSR count). The lowest BCUT2D eigenvalue weighted by molar-refractivity contribution is -0.156. The van der Waals surface area contributed by atoms with E-state index in [-0.39, 0.29) is 135 Å². The van der Waals surface area contributed by atoms with Crippen molar-refractivity contribution in [2.75, 3.05) is 132 Å². The van der Waals surface area contributed by atoms with Crippen molar-refractivity contribution in [2.24, 2.45) is 0 Å². The zero-order valence-corrected chi connectivity index (χ0v) is 43.1. The summed E-state index contributed by atoms with van der Waals surface area (Å²) in [5.41, 5.74) is 1.25. The molecule has 0 saturated heterocycles. The number of carbonyl (C=O) groups is 6. The van der Waals surface area contributed by atoms with Gasteiger partial charge in [0, 0.05) is 39.0 Å². The first kappa shape index (κ1) is 63.7. The van der Waals surface area contributed by atoms with E-state index in [9.17, 15) is 28.8 Å². The molecule has 0 heterocycles. The third-order valence-corrected chi connectivity index (χ3v) is 9.57. The van der Waals surface area contributed by atoms with Crippen LogP contribution in [0.15, 0.2) is 60.7 Å². The van der Waals surface area contributed by atoms with Gasteiger partial charge in [0.2, 0.25) is 17.7 Å². The van der Waals surface area contributed by atoms with E-state index in [2.05, 4.69) is 26.6 Å². The summed E-state index contributed by atoms with van der Waals surface area (Å²) in [5.74, 6) is -1.22. The van der Waals surface area contributed by atoms with Crippen LogP contribution in [-0.4, -0.2) is 179 Å². The minimum absolute atomic E-state index is 0.0177. The summed E-state index contributed by atoms with van der Waals surface area (Å²) in [7, 11) is 0. The molecule has 0 aromatic heterocycles. The molecule has 0 spiro atoms. The number of nitrogens with one attached hydrogen (secondary N) is 5. The maximum atomic E-state index is 13.2. The molecular formula is C51H81N5O17. The Morgan fingerprint density at radius 1 is 0.438 bits per heavy atom. The highest BCUT2D eigenvalue weighted by molar-refractivity contribution is 5.87. The Hall–Kier alpha value is -5.46. The molecule has 22 heteroatoms. The zero-order valence-electron chi connectivity index (χ0n) is 43.1. The predicted molar refractivity (Wildman–Crippen MR) is 267 cm³/mol. The van der Waals surface area contributed by atoms with Crippen molar-refractivity contribution in [2.45, 2.75) is 84.2 Å². The molecule has 1 atom stereocenters. The molecule has 0 aliphatic heterocycles. The van der Waals surface area contributed by atoms with Crippen LogP contribution >= 0.6 is 0 Å². The van der Waals surface area contributed by atoms with E-state index in [0.29, 0.717) is 72.1 Å². The van der Waals surface area contributed by atoms with Gasteiger partial charge >= 0.3 is 18.2 Å². The van der Waals surface area contributed by atoms with Crippen LogP contribution in [0.5, 0.6) is 0 Å². The zero-order chi connectivity index (χ0) is 52.9. The van der Waals surface area contributed by atoms with Gasteiger partial charge in [0.15, 0.2) is 0 Å². The van der Waals surface area contributed by atoms with Gasteiger partial charge in [-0.3, -0.25) is 19.2 Å². The monoisotopic (exact) mass is 1040 g/mol. The normalized spacial score (nSPS) is 11.5. The number of benzene rings is 2. The number of carbonyl (C=O) groups excluding carboxylic acids is 6. The summed E-state index contributed by atoms with van der Waals surface area (Å²) < 4.78 is 59.4. The van der Waals surface area contributed by atoms with Gasteiger partial charge in [0.1, 0.15) is 24.9 Å². The van der Waals surface area contributed by atoms with E-state index >= 15 is 0 Å². The number of unbranched alkanes of at least 4 members (excludes halogenated alkanes) is 1. The topological polar surface area (TPSA) is 264 Å². The van der Waals surface area contributed by atoms with Crippen LogP contribution < -0.4 is 26.6 Å². The van der Waals surface area contributed by atoms with Crippen molar-refractivity contribution in [1.82, 2.24) is 26.6 Å². The summed E-state index contributed by atoms with van der Waals surface area (Å²) in [4.78, 5) is 73.8. The average Bonchev–Trinajstić information content (AvgIpc) is 3.37. The molecule has 412 valence electrons. The fraction of sp³-hybridized carbons (Fsp3) is 0.647. The van der Waals surface area contributed by atoms with Crippen LogP contribution in [0.1, 0.15) is 70.4 Å². The van der Waals surface area contributed by atoms with E-state index in [1.54, 1.807) is 0 Å². The van der Waals surface area contributed by atoms with Crippen molar-refractivity contribution in [1.29, 1.82) is 0 Å². The van der Waals surface area contributed by atoms with Crippen LogP contribution in [0.2, 0.25) is 0 Å². The number of esters is 1. The van der Waals surface area contributed by atoms with Crippen LogP contribution in [-0.2, 0) is 84.5 Å². The molecule has 0 aliphatic rings. The quantitative estimate of drug-likeness (QED) is 0.0362. The summed E-state index contributed by atoms with van der Waals surface area (Å²) in [5, 5.41) is 13.7. The Bertz CT molecular complexity index is 1760. The van der Waals surface area contributed by atoms with E-state index in [1.165, 1.54) is 0 Å². The van der Waals surface area contributed by atoms with Crippen molar-refractivity contribution < 1.29 is 80.9 Å². The molecule has 2 aromatic carbocycles. The first-order chi connectivity index (χ1) is 35.4. The summed E-state index contributed by atoms with van der Waals surface area (Å²) >= 11 is 0. The van der Waals surface area contributed by atoms with Gasteiger partial charge in [-0.15, -0.1) is 0 Å². The Morgan fingerprint density at radius 2 is 0.836 bits per heavy atom. The van der Waals surface area contributed by atoms with Gasteiger partial charge in [0.05, 0.1) is 112 Å². The minimum atomic E-state index is -0.822. The molecule has 0 radical (unpaired) electrons. The molecule has 73 heavy (non-hydrogen) atoms. The lowest BCUT2D eigenvalue weighted by Crippen LogP contribution is -2.47. The lowest BCUT2D eigenvalue weighted by Gasteiger charge is -2.19. The summed E-state index contributed by atoms with van der Waals surface area (Å²) in [6.45, 7) is 11.4. The highest BCUT2D eigenvalue weighted by Gasteiger charge is 2.20. The molecule has 0 bridgehead atoms. The van der Waals surface area contributed by atoms with Gasteiger partial charge in [-0.2, -0.15) is 0 Å². The van der Waals surface area contributed by atoms with Crippen LogP contribution in [0.4, 0.5) is 9.59 Å². The molecule has 0 saturated carbocycles. The van der Waals surface area contributed by atoms with Crippen molar-refractivity contribution in [3.8, 4) is 0 Å². The molecule has 22 nitrogen and oxygen atoms in total. The largest absolute Gasteiger partial charge is 0.460 e. The predicted octanol–water partition coefficient (Wildman–Crippen LogP) is 3.37. The Morgan fingerprint density at radius 3 is 1.29 bits per heavy atom. The van der Waals surface area contributed by atoms with Gasteiger partial charge in [-0.1, -0.05) is 60.7 Å². The van der Waals surface area contributed by atoms with Crippen LogP contribution in [0.3, 0.4) is 0 Å². The third kappa shape index (κ3) is 39.7. The second-order valence-electron chi connectivity index (χ2n) is 17.0. The molecule has 5 N–H and O–H groups in total. The maximum Gasteiger partial charge on any atom is 0.407 e. The standard InChI is InChI=1S/C51H81N5O17/c1-51(2,3)73-47(59)19-26-65-32-36-69-38-39-70-37-35-66-27-21-53-48(60)44(56-46(58)18-25-64-31-34-68-29-23-55-50(62)72-41-43-14-8-5-9-15-43)16-10-11-20-52-45(57)17-24-63-30-33-67-28-22-54-49(61)71-40-42-12-6-4-7-13-42/h4-9,12-15,44H,10-11,16-41H2,1-3H3,(H,52,57)(H,53,60)(H,54,61)(H,55,62)(H,56,58)/t44-/m0/s1. The highest BCUT2D eigenvalue weighted by atomic mass is 16.6. The fourth-order valence-corrected chi connectivity index (χ4v) is 5.98. The third-order valence-electron chi connectivity index (χ3n) is 9.57. The second-order valence-corrected chi connectivity index (χ2v) is 17.0. The van der Waals surface area contributed by atoms with E-state index in [1.807, 2.05) is 81.4 Å². The van der Waals surface area contributed by atoms with E-state index in [4.69, 9.17) is 52.1 Å². The molecule has 0 fully saturated rings. The maximum absolute atomic E-state index is 13.2. The van der Waals surface area contributed by atoms with E-state index in [0.717, 1.165) is 11.1 Å². The number of hydrogen-bond donors (Lipinski definition) is 5. The van der Waals surface area contributed by atoms with Crippen LogP contribution in [0, 0.1) is 0 Å². The number of ether oxygens (including phenoxy) is 11. The molecule has 2 aromatic rings. The van der Waals surface area contributed by atoms with Crippen molar-refractivity contribution in [3.63, 3.8) is 0 Å². The molecular weight excluding hydrogens is 955 g/mol. The molecule has 0 aliphatic carbocycles. The first-order valence-electron chi connectivity index (χ1n) is 25.0. The smallest absolute Gasteiger partial charge is 0.407 e. The molecule has 5 amide bonds. The highest BCUT2D eigenvalue weighted by Crippen LogP contribution is 2.08. The van der Waals surface area contributed by atoms with Crippen molar-refractivity contribution >= 4 is 35.9 Å². The SMILES string of the molecule is CC(C)(C)OC(=O)CCOCCOCCOCCOCCNC(=O)[C@H](CCCCNC(=O)CCOCCOCCNC(=O)OCc1ccccc1)NC(=O)CCOCCOCCNC(=O)OCc1ccccc1.